The molecule has 8 heteroatoms. The molecule has 2 aliphatic rings. The minimum absolute atomic E-state index is 0.309. The fourth-order valence-electron chi connectivity index (χ4n) is 4.27. The van der Waals surface area contributed by atoms with Gasteiger partial charge in [-0.3, -0.25) is 0 Å². The van der Waals surface area contributed by atoms with E-state index < -0.39 is 18.6 Å². The Morgan fingerprint density at radius 3 is 2.30 bits per heavy atom. The molecule has 0 fully saturated rings. The molecule has 0 atom stereocenters. The summed E-state index contributed by atoms with van der Waals surface area (Å²) in [6.07, 6.45) is 1.69. The van der Waals surface area contributed by atoms with E-state index >= 15 is 8.63 Å². The van der Waals surface area contributed by atoms with Crippen LogP contribution in [0.5, 0.6) is 0 Å². The molecule has 0 amide bonds. The lowest BCUT2D eigenvalue weighted by molar-refractivity contribution is -0.363. The highest BCUT2D eigenvalue weighted by molar-refractivity contribution is 9.10. The van der Waals surface area contributed by atoms with Crippen LogP contribution < -0.4 is 0 Å². The maximum atomic E-state index is 15.5. The van der Waals surface area contributed by atoms with Gasteiger partial charge >= 0.3 is 6.97 Å². The maximum absolute atomic E-state index is 15.5. The Morgan fingerprint density at radius 1 is 1.00 bits per heavy atom. The molecule has 27 heavy (non-hydrogen) atoms. The third-order valence-corrected chi connectivity index (χ3v) is 5.87. The Kier molecular flexibility index (Phi) is 3.86. The number of aromatic nitrogens is 1. The highest BCUT2D eigenvalue weighted by atomic mass is 79.9. The SMILES string of the molecule is CC1=CC(C)=[N+]2C1=C(c1cc(F)c(F)cc1Br)c1c(C)cc(C)n1[B-]2(F)F. The van der Waals surface area contributed by atoms with E-state index in [9.17, 15) is 8.78 Å². The molecule has 4 rings (SSSR count). The van der Waals surface area contributed by atoms with E-state index in [-0.39, 0.29) is 0 Å². The number of halogens is 5. The minimum Gasteiger partial charge on any atom is -0.393 e. The van der Waals surface area contributed by atoms with Crippen molar-refractivity contribution in [2.75, 3.05) is 0 Å². The quantitative estimate of drug-likeness (QED) is 0.312. The molecule has 0 bridgehead atoms. The van der Waals surface area contributed by atoms with Gasteiger partial charge in [0, 0.05) is 34.3 Å². The van der Waals surface area contributed by atoms with Gasteiger partial charge < -0.3 is 17.6 Å². The zero-order chi connectivity index (χ0) is 19.8. The molecule has 2 aliphatic heterocycles. The molecule has 3 heterocycles. The number of fused-ring (bicyclic) bond motifs is 2. The lowest BCUT2D eigenvalue weighted by Gasteiger charge is -2.34. The second-order valence-corrected chi connectivity index (χ2v) is 7.94. The summed E-state index contributed by atoms with van der Waals surface area (Å²) in [5.74, 6) is -2.02. The van der Waals surface area contributed by atoms with Crippen LogP contribution in [0, 0.1) is 25.5 Å². The summed E-state index contributed by atoms with van der Waals surface area (Å²) in [6.45, 7) is 2.65. The maximum Gasteiger partial charge on any atom is 0.737 e. The van der Waals surface area contributed by atoms with Gasteiger partial charge in [0.05, 0.1) is 5.57 Å². The van der Waals surface area contributed by atoms with Gasteiger partial charge in [0.15, 0.2) is 17.3 Å². The molecule has 0 radical (unpaired) electrons. The van der Waals surface area contributed by atoms with Crippen LogP contribution in [-0.4, -0.2) is 21.6 Å². The van der Waals surface area contributed by atoms with Gasteiger partial charge in [-0.15, -0.1) is 0 Å². The first-order valence-electron chi connectivity index (χ1n) is 8.47. The third kappa shape index (κ3) is 2.35. The number of rotatable bonds is 1. The first kappa shape index (κ1) is 18.3. The van der Waals surface area contributed by atoms with Gasteiger partial charge in [-0.05, 0) is 50.2 Å². The van der Waals surface area contributed by atoms with Crippen molar-refractivity contribution in [1.82, 2.24) is 4.48 Å². The Labute approximate surface area is 162 Å². The van der Waals surface area contributed by atoms with E-state index in [4.69, 9.17) is 0 Å². The molecular formula is C19H16BBrF4N2. The summed E-state index contributed by atoms with van der Waals surface area (Å²) in [5.41, 5.74) is 3.61. The first-order valence-corrected chi connectivity index (χ1v) is 9.27. The van der Waals surface area contributed by atoms with Gasteiger partial charge in [0.2, 0.25) is 0 Å². The number of nitrogens with zero attached hydrogens (tertiary/aromatic N) is 2. The van der Waals surface area contributed by atoms with Crippen LogP contribution in [-0.2, 0) is 0 Å². The highest BCUT2D eigenvalue weighted by Gasteiger charge is 2.55. The average molecular weight is 439 g/mol. The Balaban J connectivity index is 2.21. The van der Waals surface area contributed by atoms with Crippen molar-refractivity contribution in [1.29, 1.82) is 0 Å². The van der Waals surface area contributed by atoms with Crippen LogP contribution in [0.25, 0.3) is 5.57 Å². The second kappa shape index (κ2) is 5.71. The van der Waals surface area contributed by atoms with Crippen molar-refractivity contribution < 1.29 is 21.9 Å². The summed E-state index contributed by atoms with van der Waals surface area (Å²) in [7, 11) is 0. The van der Waals surface area contributed by atoms with Crippen LogP contribution in [0.2, 0.25) is 0 Å². The predicted octanol–water partition coefficient (Wildman–Crippen LogP) is 5.57. The number of allylic oxidation sites excluding steroid dienone is 2. The molecular weight excluding hydrogens is 423 g/mol. The standard InChI is InChI=1S/C19H16BBrF4N2/c1-9-5-11(3)26-18(9)17(13-7-15(22)16(23)8-14(13)21)19-10(2)6-12(4)27(19)20(26,24)25/h5-8H,1-4H3. The van der Waals surface area contributed by atoms with E-state index in [1.807, 2.05) is 0 Å². The monoisotopic (exact) mass is 438 g/mol. The lowest BCUT2D eigenvalue weighted by atomic mass is 9.84. The summed E-state index contributed by atoms with van der Waals surface area (Å²) < 4.78 is 61.1. The van der Waals surface area contributed by atoms with Crippen molar-refractivity contribution in [2.45, 2.75) is 27.7 Å². The summed E-state index contributed by atoms with van der Waals surface area (Å²) in [5, 5.41) is 0. The minimum atomic E-state index is -4.10. The van der Waals surface area contributed by atoms with Gasteiger partial charge in [0.1, 0.15) is 5.71 Å². The van der Waals surface area contributed by atoms with Gasteiger partial charge in [-0.25, -0.2) is 8.78 Å². The van der Waals surface area contributed by atoms with Gasteiger partial charge in [0.25, 0.3) is 0 Å². The van der Waals surface area contributed by atoms with Crippen LogP contribution >= 0.6 is 15.9 Å². The van der Waals surface area contributed by atoms with E-state index in [0.29, 0.717) is 49.5 Å². The number of benzene rings is 1. The number of aryl methyl sites for hydroxylation is 2. The molecule has 140 valence electrons. The zero-order valence-corrected chi connectivity index (χ0v) is 16.8. The zero-order valence-electron chi connectivity index (χ0n) is 15.2. The molecule has 1 aromatic carbocycles. The van der Waals surface area contributed by atoms with E-state index in [2.05, 4.69) is 15.9 Å². The molecule has 0 N–H and O–H groups in total. The van der Waals surface area contributed by atoms with Gasteiger partial charge in [-0.1, -0.05) is 15.9 Å². The lowest BCUT2D eigenvalue weighted by Crippen LogP contribution is -2.51. The van der Waals surface area contributed by atoms with Crippen molar-refractivity contribution >= 4 is 34.2 Å². The Morgan fingerprint density at radius 2 is 1.63 bits per heavy atom. The molecule has 0 saturated heterocycles. The third-order valence-electron chi connectivity index (χ3n) is 5.21. The van der Waals surface area contributed by atoms with Crippen LogP contribution in [0.3, 0.4) is 0 Å². The normalized spacial score (nSPS) is 18.0. The number of hydrogen-bond donors (Lipinski definition) is 0. The summed E-state index contributed by atoms with van der Waals surface area (Å²) in [4.78, 5) is 0. The largest absolute Gasteiger partial charge is 0.737 e. The molecule has 0 aliphatic carbocycles. The average Bonchev–Trinajstić information content (AvgIpc) is 3.02. The summed E-state index contributed by atoms with van der Waals surface area (Å²) >= 11 is 3.28. The van der Waals surface area contributed by atoms with Crippen LogP contribution in [0.1, 0.15) is 36.4 Å². The van der Waals surface area contributed by atoms with E-state index in [1.165, 1.54) is 0 Å². The Hall–Kier alpha value is -2.09. The Bertz CT molecular complexity index is 1130. The van der Waals surface area contributed by atoms with Crippen molar-refractivity contribution in [3.63, 3.8) is 0 Å². The first-order chi connectivity index (χ1) is 12.6. The van der Waals surface area contributed by atoms with Crippen LogP contribution in [0.4, 0.5) is 17.4 Å². The topological polar surface area (TPSA) is 7.94 Å². The van der Waals surface area contributed by atoms with E-state index in [0.717, 1.165) is 21.1 Å². The molecule has 0 saturated carbocycles. The second-order valence-electron chi connectivity index (χ2n) is 7.08. The van der Waals surface area contributed by atoms with Crippen LogP contribution in [0.15, 0.2) is 40.0 Å². The van der Waals surface area contributed by atoms with Gasteiger partial charge in [-0.2, -0.15) is 0 Å². The van der Waals surface area contributed by atoms with E-state index in [1.54, 1.807) is 39.8 Å². The number of hydrogen-bond acceptors (Lipinski definition) is 0. The molecule has 2 nitrogen and oxygen atoms in total. The van der Waals surface area contributed by atoms with Crippen molar-refractivity contribution in [3.05, 3.63) is 74.2 Å². The molecule has 2 aromatic rings. The molecule has 0 unspecified atom stereocenters. The summed E-state index contributed by atoms with van der Waals surface area (Å²) in [6, 6.07) is 3.78. The van der Waals surface area contributed by atoms with Crippen molar-refractivity contribution in [3.8, 4) is 0 Å². The molecule has 1 aromatic heterocycles. The smallest absolute Gasteiger partial charge is 0.393 e. The fraction of sp³-hybridized carbons (Fsp3) is 0.211. The fourth-order valence-corrected chi connectivity index (χ4v) is 4.78. The molecule has 0 spiro atoms. The highest BCUT2D eigenvalue weighted by Crippen LogP contribution is 2.45. The van der Waals surface area contributed by atoms with Crippen molar-refractivity contribution in [2.24, 2.45) is 0 Å². The predicted molar refractivity (Wildman–Crippen MR) is 102 cm³/mol.